The standard InChI is InChI=1S/C16H17NO5/c1-10(2)21-8-11-4-3-5-13(6-11)17-15(18)14-7-12(9-22-14)16(19)20/h3-7,9-10H,8H2,1-2H3,(H,17,18)(H,19,20). The molecule has 1 aromatic carbocycles. The number of carboxylic acids is 1. The van der Waals surface area contributed by atoms with Gasteiger partial charge in [-0.1, -0.05) is 12.1 Å². The van der Waals surface area contributed by atoms with Crippen LogP contribution in [-0.4, -0.2) is 23.1 Å². The van der Waals surface area contributed by atoms with Crippen molar-refractivity contribution in [3.63, 3.8) is 0 Å². The van der Waals surface area contributed by atoms with E-state index in [1.807, 2.05) is 19.9 Å². The number of benzene rings is 1. The van der Waals surface area contributed by atoms with Gasteiger partial charge in [-0.15, -0.1) is 0 Å². The Kier molecular flexibility index (Phi) is 4.95. The van der Waals surface area contributed by atoms with E-state index in [2.05, 4.69) is 5.32 Å². The SMILES string of the molecule is CC(C)OCc1cccc(NC(=O)c2cc(C(=O)O)co2)c1. The van der Waals surface area contributed by atoms with E-state index < -0.39 is 11.9 Å². The fraction of sp³-hybridized carbons (Fsp3) is 0.250. The van der Waals surface area contributed by atoms with E-state index in [1.54, 1.807) is 18.2 Å². The van der Waals surface area contributed by atoms with E-state index >= 15 is 0 Å². The Balaban J connectivity index is 2.04. The van der Waals surface area contributed by atoms with Crippen LogP contribution in [0.1, 0.15) is 40.3 Å². The fourth-order valence-electron chi connectivity index (χ4n) is 1.76. The van der Waals surface area contributed by atoms with Gasteiger partial charge in [0.2, 0.25) is 0 Å². The van der Waals surface area contributed by atoms with Gasteiger partial charge in [0, 0.05) is 11.8 Å². The molecule has 2 rings (SSSR count). The normalized spacial score (nSPS) is 10.7. The predicted octanol–water partition coefficient (Wildman–Crippen LogP) is 3.16. The summed E-state index contributed by atoms with van der Waals surface area (Å²) in [5.74, 6) is -1.70. The number of ether oxygens (including phenoxy) is 1. The fourth-order valence-corrected chi connectivity index (χ4v) is 1.76. The van der Waals surface area contributed by atoms with Crippen molar-refractivity contribution in [1.82, 2.24) is 0 Å². The second kappa shape index (κ2) is 6.91. The highest BCUT2D eigenvalue weighted by Crippen LogP contribution is 2.15. The quantitative estimate of drug-likeness (QED) is 0.855. The number of aromatic carboxylic acids is 1. The number of amides is 1. The summed E-state index contributed by atoms with van der Waals surface area (Å²) in [6.07, 6.45) is 1.15. The molecule has 0 radical (unpaired) electrons. The number of hydrogen-bond donors (Lipinski definition) is 2. The number of carbonyl (C=O) groups excluding carboxylic acids is 1. The van der Waals surface area contributed by atoms with Crippen LogP contribution in [0.25, 0.3) is 0 Å². The Labute approximate surface area is 127 Å². The van der Waals surface area contributed by atoms with Gasteiger partial charge >= 0.3 is 5.97 Å². The van der Waals surface area contributed by atoms with Gasteiger partial charge in [0.15, 0.2) is 5.76 Å². The molecule has 0 atom stereocenters. The maximum atomic E-state index is 12.0. The zero-order valence-corrected chi connectivity index (χ0v) is 12.3. The lowest BCUT2D eigenvalue weighted by atomic mass is 10.2. The summed E-state index contributed by atoms with van der Waals surface area (Å²) in [5, 5.41) is 11.5. The van der Waals surface area contributed by atoms with E-state index in [0.29, 0.717) is 12.3 Å². The summed E-state index contributed by atoms with van der Waals surface area (Å²) in [7, 11) is 0. The third-order valence-electron chi connectivity index (χ3n) is 2.84. The van der Waals surface area contributed by atoms with Crippen LogP contribution in [0.3, 0.4) is 0 Å². The molecule has 0 fully saturated rings. The minimum Gasteiger partial charge on any atom is -0.478 e. The second-order valence-corrected chi connectivity index (χ2v) is 5.02. The molecule has 1 amide bonds. The molecule has 1 aromatic heterocycles. The largest absolute Gasteiger partial charge is 0.478 e. The summed E-state index contributed by atoms with van der Waals surface area (Å²) in [4.78, 5) is 22.8. The van der Waals surface area contributed by atoms with Crippen molar-refractivity contribution in [3.8, 4) is 0 Å². The Bertz CT molecular complexity index is 675. The van der Waals surface area contributed by atoms with Crippen molar-refractivity contribution in [3.05, 3.63) is 53.5 Å². The minimum atomic E-state index is -1.14. The van der Waals surface area contributed by atoms with Gasteiger partial charge in [-0.2, -0.15) is 0 Å². The summed E-state index contributed by atoms with van der Waals surface area (Å²) in [6.45, 7) is 4.34. The van der Waals surface area contributed by atoms with Gasteiger partial charge in [-0.3, -0.25) is 4.79 Å². The number of nitrogens with one attached hydrogen (secondary N) is 1. The third kappa shape index (κ3) is 4.20. The second-order valence-electron chi connectivity index (χ2n) is 5.02. The van der Waals surface area contributed by atoms with E-state index in [-0.39, 0.29) is 17.4 Å². The molecule has 0 bridgehead atoms. The first kappa shape index (κ1) is 15.8. The molecule has 0 saturated carbocycles. The molecule has 2 aromatic rings. The smallest absolute Gasteiger partial charge is 0.338 e. The molecular formula is C16H17NO5. The van der Waals surface area contributed by atoms with E-state index in [0.717, 1.165) is 11.8 Å². The van der Waals surface area contributed by atoms with Gasteiger partial charge in [0.25, 0.3) is 5.91 Å². The van der Waals surface area contributed by atoms with Crippen molar-refractivity contribution < 1.29 is 23.8 Å². The molecule has 2 N–H and O–H groups in total. The number of furan rings is 1. The van der Waals surface area contributed by atoms with Crippen LogP contribution in [0.2, 0.25) is 0 Å². The molecule has 0 unspecified atom stereocenters. The number of rotatable bonds is 6. The van der Waals surface area contributed by atoms with E-state index in [1.165, 1.54) is 6.07 Å². The zero-order chi connectivity index (χ0) is 16.1. The predicted molar refractivity (Wildman–Crippen MR) is 80.0 cm³/mol. The number of anilines is 1. The molecule has 0 aliphatic heterocycles. The molecule has 0 aliphatic rings. The maximum Gasteiger partial charge on any atom is 0.338 e. The third-order valence-corrected chi connectivity index (χ3v) is 2.84. The van der Waals surface area contributed by atoms with Crippen LogP contribution in [0.4, 0.5) is 5.69 Å². The Morgan fingerprint density at radius 2 is 2.09 bits per heavy atom. The Morgan fingerprint density at radius 1 is 1.32 bits per heavy atom. The van der Waals surface area contributed by atoms with Crippen LogP contribution >= 0.6 is 0 Å². The monoisotopic (exact) mass is 303 g/mol. The minimum absolute atomic E-state index is 0.0544. The van der Waals surface area contributed by atoms with E-state index in [9.17, 15) is 9.59 Å². The lowest BCUT2D eigenvalue weighted by molar-refractivity contribution is 0.0657. The lowest BCUT2D eigenvalue weighted by Gasteiger charge is -2.09. The molecule has 6 nitrogen and oxygen atoms in total. The molecule has 0 aliphatic carbocycles. The topological polar surface area (TPSA) is 88.8 Å². The first-order chi connectivity index (χ1) is 10.5. The van der Waals surface area contributed by atoms with Gasteiger partial charge in [-0.25, -0.2) is 4.79 Å². The van der Waals surface area contributed by atoms with Crippen LogP contribution in [-0.2, 0) is 11.3 Å². The van der Waals surface area contributed by atoms with Crippen LogP contribution in [0.15, 0.2) is 41.0 Å². The Hall–Kier alpha value is -2.60. The van der Waals surface area contributed by atoms with Crippen molar-refractivity contribution >= 4 is 17.6 Å². The highest BCUT2D eigenvalue weighted by Gasteiger charge is 2.14. The number of carboxylic acid groups (broad SMARTS) is 1. The molecule has 0 spiro atoms. The molecule has 116 valence electrons. The molecular weight excluding hydrogens is 286 g/mol. The van der Waals surface area contributed by atoms with Gasteiger partial charge in [-0.05, 0) is 31.5 Å². The number of carbonyl (C=O) groups is 2. The maximum absolute atomic E-state index is 12.0. The van der Waals surface area contributed by atoms with Crippen LogP contribution < -0.4 is 5.32 Å². The van der Waals surface area contributed by atoms with Gasteiger partial charge < -0.3 is 19.6 Å². The summed E-state index contributed by atoms with van der Waals surface area (Å²) >= 11 is 0. The lowest BCUT2D eigenvalue weighted by Crippen LogP contribution is -2.11. The first-order valence-electron chi connectivity index (χ1n) is 6.79. The van der Waals surface area contributed by atoms with Crippen molar-refractivity contribution in [2.75, 3.05) is 5.32 Å². The molecule has 22 heavy (non-hydrogen) atoms. The Morgan fingerprint density at radius 3 is 2.73 bits per heavy atom. The summed E-state index contributed by atoms with van der Waals surface area (Å²) in [6, 6.07) is 8.41. The average Bonchev–Trinajstić information content (AvgIpc) is 2.95. The molecule has 0 saturated heterocycles. The van der Waals surface area contributed by atoms with E-state index in [4.69, 9.17) is 14.3 Å². The molecule has 6 heteroatoms. The summed E-state index contributed by atoms with van der Waals surface area (Å²) < 4.78 is 10.5. The van der Waals surface area contributed by atoms with Crippen molar-refractivity contribution in [2.45, 2.75) is 26.6 Å². The van der Waals surface area contributed by atoms with Crippen molar-refractivity contribution in [1.29, 1.82) is 0 Å². The zero-order valence-electron chi connectivity index (χ0n) is 12.3. The van der Waals surface area contributed by atoms with Gasteiger partial charge in [0.05, 0.1) is 18.3 Å². The van der Waals surface area contributed by atoms with Gasteiger partial charge in [0.1, 0.15) is 6.26 Å². The highest BCUT2D eigenvalue weighted by atomic mass is 16.5. The average molecular weight is 303 g/mol. The van der Waals surface area contributed by atoms with Crippen LogP contribution in [0, 0.1) is 0 Å². The number of hydrogen-bond acceptors (Lipinski definition) is 4. The highest BCUT2D eigenvalue weighted by molar-refractivity contribution is 6.03. The van der Waals surface area contributed by atoms with Crippen LogP contribution in [0.5, 0.6) is 0 Å². The first-order valence-corrected chi connectivity index (χ1v) is 6.79. The summed E-state index contributed by atoms with van der Waals surface area (Å²) in [5.41, 5.74) is 1.45. The van der Waals surface area contributed by atoms with Crippen molar-refractivity contribution in [2.24, 2.45) is 0 Å². The molecule has 1 heterocycles.